The number of carbonyl (C=O) groups is 1. The number of benzene rings is 1. The first kappa shape index (κ1) is 21.0. The Balaban J connectivity index is 1.81. The lowest BCUT2D eigenvalue weighted by Gasteiger charge is -2.39. The number of pyridine rings is 1. The lowest BCUT2D eigenvalue weighted by molar-refractivity contribution is -0.137. The second-order valence-electron chi connectivity index (χ2n) is 8.41. The summed E-state index contributed by atoms with van der Waals surface area (Å²) in [5, 5.41) is 13.3. The average Bonchev–Trinajstić information content (AvgIpc) is 2.70. The van der Waals surface area contributed by atoms with E-state index in [4.69, 9.17) is 4.74 Å². The summed E-state index contributed by atoms with van der Waals surface area (Å²) in [6.07, 6.45) is 1.04. The van der Waals surface area contributed by atoms with Crippen molar-refractivity contribution < 1.29 is 9.53 Å². The van der Waals surface area contributed by atoms with Crippen molar-refractivity contribution in [3.05, 3.63) is 36.0 Å². The predicted octanol–water partition coefficient (Wildman–Crippen LogP) is 2.16. The van der Waals surface area contributed by atoms with E-state index in [0.717, 1.165) is 11.1 Å². The number of amides is 1. The minimum absolute atomic E-state index is 0.0938. The van der Waals surface area contributed by atoms with E-state index in [9.17, 15) is 10.1 Å². The average molecular weight is 396 g/mol. The molecule has 154 valence electrons. The molecule has 0 unspecified atom stereocenters. The molecule has 0 bridgehead atoms. The van der Waals surface area contributed by atoms with Gasteiger partial charge in [0.05, 0.1) is 23.7 Å². The number of nitrogens with one attached hydrogen (secondary N) is 1. The Bertz CT molecular complexity index is 934. The summed E-state index contributed by atoms with van der Waals surface area (Å²) >= 11 is 0. The summed E-state index contributed by atoms with van der Waals surface area (Å²) in [6.45, 7) is 7.80. The molecule has 0 saturated carbocycles. The topological polar surface area (TPSA) is 81.5 Å². The molecule has 1 aliphatic heterocycles. The number of anilines is 1. The molecular weight excluding hydrogens is 366 g/mol. The van der Waals surface area contributed by atoms with Gasteiger partial charge in [0, 0.05) is 35.9 Å². The molecule has 2 atom stereocenters. The van der Waals surface area contributed by atoms with Gasteiger partial charge in [-0.15, -0.1) is 0 Å². The van der Waals surface area contributed by atoms with Crippen molar-refractivity contribution in [3.8, 4) is 6.07 Å². The number of morpholine rings is 1. The minimum Gasteiger partial charge on any atom is -0.365 e. The smallest absolute Gasteiger partial charge is 0.251 e. The SMILES string of the molecule is C[C@@H]1CN(c2ccc(C#N)c3ncccc23)C[C@H](C(=O)NCC(C)(C)N(C)C)O1. The molecule has 1 aromatic heterocycles. The number of rotatable bonds is 5. The van der Waals surface area contributed by atoms with Crippen molar-refractivity contribution in [1.82, 2.24) is 15.2 Å². The third kappa shape index (κ3) is 4.50. The molecule has 1 fully saturated rings. The van der Waals surface area contributed by atoms with Gasteiger partial charge in [0.2, 0.25) is 0 Å². The van der Waals surface area contributed by atoms with Crippen molar-refractivity contribution in [1.29, 1.82) is 5.26 Å². The van der Waals surface area contributed by atoms with Crippen molar-refractivity contribution in [3.63, 3.8) is 0 Å². The van der Waals surface area contributed by atoms with Crippen LogP contribution in [0.1, 0.15) is 26.3 Å². The van der Waals surface area contributed by atoms with Crippen LogP contribution in [-0.2, 0) is 9.53 Å². The summed E-state index contributed by atoms with van der Waals surface area (Å²) in [5.74, 6) is -0.104. The lowest BCUT2D eigenvalue weighted by Crippen LogP contribution is -2.55. The van der Waals surface area contributed by atoms with Crippen LogP contribution in [0, 0.1) is 11.3 Å². The Kier molecular flexibility index (Phi) is 6.06. The van der Waals surface area contributed by atoms with Crippen LogP contribution in [0.25, 0.3) is 10.9 Å². The van der Waals surface area contributed by atoms with Crippen molar-refractivity contribution in [2.45, 2.75) is 38.5 Å². The summed E-state index contributed by atoms with van der Waals surface area (Å²) in [5.41, 5.74) is 2.05. The number of aromatic nitrogens is 1. The quantitative estimate of drug-likeness (QED) is 0.836. The maximum atomic E-state index is 12.8. The van der Waals surface area contributed by atoms with Gasteiger partial charge in [0.1, 0.15) is 6.07 Å². The van der Waals surface area contributed by atoms with Gasteiger partial charge >= 0.3 is 0 Å². The fraction of sp³-hybridized carbons (Fsp3) is 0.500. The number of nitriles is 1. The van der Waals surface area contributed by atoms with E-state index in [1.54, 1.807) is 12.3 Å². The zero-order valence-electron chi connectivity index (χ0n) is 17.8. The maximum Gasteiger partial charge on any atom is 0.251 e. The first-order valence-electron chi connectivity index (χ1n) is 9.86. The van der Waals surface area contributed by atoms with Crippen LogP contribution in [0.5, 0.6) is 0 Å². The zero-order valence-corrected chi connectivity index (χ0v) is 17.8. The van der Waals surface area contributed by atoms with Gasteiger partial charge in [-0.25, -0.2) is 0 Å². The highest BCUT2D eigenvalue weighted by molar-refractivity contribution is 5.95. The minimum atomic E-state index is -0.556. The standard InChI is InChI=1S/C22H29N5O2/c1-15-12-27(13-19(29-15)21(28)25-14-22(2,3)26(4)5)18-9-8-16(11-23)20-17(18)7-6-10-24-20/h6-10,15,19H,12-14H2,1-5H3,(H,25,28)/t15-,19-/m1/s1. The third-order valence-electron chi connectivity index (χ3n) is 5.67. The van der Waals surface area contributed by atoms with Crippen LogP contribution in [0.3, 0.4) is 0 Å². The number of hydrogen-bond acceptors (Lipinski definition) is 6. The highest BCUT2D eigenvalue weighted by atomic mass is 16.5. The molecule has 29 heavy (non-hydrogen) atoms. The van der Waals surface area contributed by atoms with E-state index >= 15 is 0 Å². The van der Waals surface area contributed by atoms with Gasteiger partial charge in [-0.2, -0.15) is 5.26 Å². The summed E-state index contributed by atoms with van der Waals surface area (Å²) < 4.78 is 5.95. The second-order valence-corrected chi connectivity index (χ2v) is 8.41. The molecule has 7 nitrogen and oxygen atoms in total. The van der Waals surface area contributed by atoms with Gasteiger partial charge in [-0.3, -0.25) is 9.78 Å². The monoisotopic (exact) mass is 395 g/mol. The fourth-order valence-corrected chi connectivity index (χ4v) is 3.39. The van der Waals surface area contributed by atoms with Gasteiger partial charge in [-0.05, 0) is 59.1 Å². The fourth-order valence-electron chi connectivity index (χ4n) is 3.39. The van der Waals surface area contributed by atoms with Crippen molar-refractivity contribution in [2.24, 2.45) is 0 Å². The Morgan fingerprint density at radius 3 is 2.83 bits per heavy atom. The van der Waals surface area contributed by atoms with E-state index in [0.29, 0.717) is 30.7 Å². The van der Waals surface area contributed by atoms with Crippen LogP contribution in [0.15, 0.2) is 30.5 Å². The van der Waals surface area contributed by atoms with E-state index in [1.165, 1.54) is 0 Å². The first-order chi connectivity index (χ1) is 13.7. The summed E-state index contributed by atoms with van der Waals surface area (Å²) in [4.78, 5) is 21.4. The van der Waals surface area contributed by atoms with E-state index in [1.807, 2.05) is 39.2 Å². The number of likely N-dealkylation sites (N-methyl/N-ethyl adjacent to an activating group) is 1. The second kappa shape index (κ2) is 8.36. The molecule has 2 heterocycles. The maximum absolute atomic E-state index is 12.8. The number of nitrogens with zero attached hydrogens (tertiary/aromatic N) is 4. The Morgan fingerprint density at radius 1 is 1.38 bits per heavy atom. The summed E-state index contributed by atoms with van der Waals surface area (Å²) in [6, 6.07) is 9.76. The molecule has 1 aromatic carbocycles. The molecule has 7 heteroatoms. The molecule has 2 aromatic rings. The van der Waals surface area contributed by atoms with Crippen molar-refractivity contribution in [2.75, 3.05) is 38.6 Å². The van der Waals surface area contributed by atoms with Crippen LogP contribution < -0.4 is 10.2 Å². The van der Waals surface area contributed by atoms with E-state index in [2.05, 4.69) is 40.0 Å². The molecule has 3 rings (SSSR count). The van der Waals surface area contributed by atoms with E-state index < -0.39 is 6.10 Å². The highest BCUT2D eigenvalue weighted by Crippen LogP contribution is 2.30. The van der Waals surface area contributed by atoms with Gasteiger partial charge < -0.3 is 19.9 Å². The number of hydrogen-bond donors (Lipinski definition) is 1. The van der Waals surface area contributed by atoms with Crippen LogP contribution in [0.4, 0.5) is 5.69 Å². The zero-order chi connectivity index (χ0) is 21.2. The Labute approximate surface area is 172 Å². The third-order valence-corrected chi connectivity index (χ3v) is 5.67. The van der Waals surface area contributed by atoms with Crippen LogP contribution >= 0.6 is 0 Å². The largest absolute Gasteiger partial charge is 0.365 e. The molecule has 0 aliphatic carbocycles. The molecule has 1 aliphatic rings. The molecule has 1 amide bonds. The molecular formula is C22H29N5O2. The highest BCUT2D eigenvalue weighted by Gasteiger charge is 2.32. The molecule has 1 N–H and O–H groups in total. The van der Waals surface area contributed by atoms with Crippen LogP contribution in [0.2, 0.25) is 0 Å². The Hall–Kier alpha value is -2.69. The van der Waals surface area contributed by atoms with E-state index in [-0.39, 0.29) is 17.6 Å². The normalized spacial score (nSPS) is 20.0. The van der Waals surface area contributed by atoms with Gasteiger partial charge in [-0.1, -0.05) is 0 Å². The number of fused-ring (bicyclic) bond motifs is 1. The molecule has 1 saturated heterocycles. The lowest BCUT2D eigenvalue weighted by atomic mass is 10.0. The predicted molar refractivity (Wildman–Crippen MR) is 114 cm³/mol. The van der Waals surface area contributed by atoms with Gasteiger partial charge in [0.25, 0.3) is 5.91 Å². The number of ether oxygens (including phenoxy) is 1. The molecule has 0 spiro atoms. The van der Waals surface area contributed by atoms with Crippen LogP contribution in [-0.4, -0.2) is 67.3 Å². The van der Waals surface area contributed by atoms with Crippen molar-refractivity contribution >= 4 is 22.5 Å². The summed E-state index contributed by atoms with van der Waals surface area (Å²) in [7, 11) is 3.99. The number of carbonyl (C=O) groups excluding carboxylic acids is 1. The molecule has 0 radical (unpaired) electrons. The first-order valence-corrected chi connectivity index (χ1v) is 9.86. The Morgan fingerprint density at radius 2 is 2.14 bits per heavy atom. The van der Waals surface area contributed by atoms with Gasteiger partial charge in [0.15, 0.2) is 6.10 Å².